The first-order valence-corrected chi connectivity index (χ1v) is 11.2. The number of sulfone groups is 1. The zero-order chi connectivity index (χ0) is 19.4. The molecule has 27 heavy (non-hydrogen) atoms. The van der Waals surface area contributed by atoms with Gasteiger partial charge in [0.05, 0.1) is 27.7 Å². The Kier molecular flexibility index (Phi) is 5.66. The Bertz CT molecular complexity index is 1050. The molecule has 3 aromatic rings. The number of pyridine rings is 1. The first-order chi connectivity index (χ1) is 12.8. The van der Waals surface area contributed by atoms with Crippen LogP contribution in [-0.4, -0.2) is 47.8 Å². The molecule has 0 saturated carbocycles. The second kappa shape index (κ2) is 7.97. The minimum atomic E-state index is -3.15. The Balaban J connectivity index is 1.83. The van der Waals surface area contributed by atoms with Crippen molar-refractivity contribution >= 4 is 43.2 Å². The highest BCUT2D eigenvalue weighted by molar-refractivity contribution is 7.90. The topological polar surface area (TPSA) is 114 Å². The van der Waals surface area contributed by atoms with Gasteiger partial charge in [-0.1, -0.05) is 6.07 Å². The van der Waals surface area contributed by atoms with E-state index < -0.39 is 15.7 Å². The summed E-state index contributed by atoms with van der Waals surface area (Å²) in [7, 11) is -3.15. The van der Waals surface area contributed by atoms with Crippen LogP contribution in [-0.2, 0) is 9.84 Å². The highest BCUT2D eigenvalue weighted by Gasteiger charge is 2.18. The van der Waals surface area contributed by atoms with E-state index in [-0.39, 0.29) is 24.0 Å². The highest BCUT2D eigenvalue weighted by atomic mass is 32.2. The van der Waals surface area contributed by atoms with Crippen molar-refractivity contribution in [2.45, 2.75) is 13.0 Å². The normalized spacial score (nSPS) is 12.7. The van der Waals surface area contributed by atoms with E-state index in [1.807, 2.05) is 36.6 Å². The second-order valence-corrected chi connectivity index (χ2v) is 9.21. The van der Waals surface area contributed by atoms with E-state index in [0.717, 1.165) is 11.9 Å². The fourth-order valence-corrected chi connectivity index (χ4v) is 3.71. The lowest BCUT2D eigenvalue weighted by atomic mass is 10.2. The molecular formula is C17H19N5O3S2. The molecule has 3 rings (SSSR count). The Morgan fingerprint density at radius 2 is 2.07 bits per heavy atom. The zero-order valence-corrected chi connectivity index (χ0v) is 16.5. The molecule has 1 unspecified atom stereocenters. The largest absolute Gasteiger partial charge is 0.350 e. The van der Waals surface area contributed by atoms with Crippen LogP contribution in [0.1, 0.15) is 29.1 Å². The summed E-state index contributed by atoms with van der Waals surface area (Å²) in [5, 5.41) is 7.60. The van der Waals surface area contributed by atoms with E-state index in [4.69, 9.17) is 0 Å². The zero-order valence-electron chi connectivity index (χ0n) is 14.8. The molecule has 142 valence electrons. The van der Waals surface area contributed by atoms with Gasteiger partial charge >= 0.3 is 0 Å². The van der Waals surface area contributed by atoms with Crippen LogP contribution in [0.15, 0.2) is 35.8 Å². The Morgan fingerprint density at radius 3 is 2.78 bits per heavy atom. The lowest BCUT2D eigenvalue weighted by Crippen LogP contribution is -2.29. The monoisotopic (exact) mass is 405 g/mol. The average molecular weight is 406 g/mol. The molecular weight excluding hydrogens is 386 g/mol. The van der Waals surface area contributed by atoms with E-state index in [1.54, 1.807) is 6.20 Å². The summed E-state index contributed by atoms with van der Waals surface area (Å²) in [5.41, 5.74) is 1.70. The van der Waals surface area contributed by atoms with Crippen LogP contribution in [0.25, 0.3) is 10.2 Å². The Labute approximate surface area is 161 Å². The SMILES string of the molecule is CC(Nc1nc(C(=O)NCCS(C)(=O)=O)c2sccc2n1)c1ccccn1. The summed E-state index contributed by atoms with van der Waals surface area (Å²) in [6.07, 6.45) is 2.83. The lowest BCUT2D eigenvalue weighted by Gasteiger charge is -2.14. The van der Waals surface area contributed by atoms with Gasteiger partial charge in [0.15, 0.2) is 5.69 Å². The molecule has 0 aromatic carbocycles. The smallest absolute Gasteiger partial charge is 0.271 e. The lowest BCUT2D eigenvalue weighted by molar-refractivity contribution is 0.0953. The fourth-order valence-electron chi connectivity index (χ4n) is 2.42. The minimum Gasteiger partial charge on any atom is -0.350 e. The average Bonchev–Trinajstić information content (AvgIpc) is 3.09. The van der Waals surface area contributed by atoms with Crippen molar-refractivity contribution in [3.63, 3.8) is 0 Å². The maximum atomic E-state index is 12.5. The van der Waals surface area contributed by atoms with E-state index in [2.05, 4.69) is 25.6 Å². The summed E-state index contributed by atoms with van der Waals surface area (Å²) in [4.78, 5) is 25.6. The number of rotatable bonds is 7. The van der Waals surface area contributed by atoms with Crippen LogP contribution in [0.3, 0.4) is 0 Å². The van der Waals surface area contributed by atoms with Crippen molar-refractivity contribution < 1.29 is 13.2 Å². The molecule has 0 aliphatic carbocycles. The van der Waals surface area contributed by atoms with Gasteiger partial charge < -0.3 is 10.6 Å². The number of carbonyl (C=O) groups is 1. The summed E-state index contributed by atoms with van der Waals surface area (Å²) in [6.45, 7) is 1.96. The Hall–Kier alpha value is -2.59. The highest BCUT2D eigenvalue weighted by Crippen LogP contribution is 2.25. The number of anilines is 1. The van der Waals surface area contributed by atoms with Gasteiger partial charge in [-0.15, -0.1) is 11.3 Å². The van der Waals surface area contributed by atoms with E-state index in [1.165, 1.54) is 11.3 Å². The summed E-state index contributed by atoms with van der Waals surface area (Å²) >= 11 is 1.36. The van der Waals surface area contributed by atoms with Crippen LogP contribution in [0.4, 0.5) is 5.95 Å². The first-order valence-electron chi connectivity index (χ1n) is 8.22. The number of aromatic nitrogens is 3. The van der Waals surface area contributed by atoms with Gasteiger partial charge in [-0.2, -0.15) is 0 Å². The van der Waals surface area contributed by atoms with E-state index in [0.29, 0.717) is 16.2 Å². The van der Waals surface area contributed by atoms with Crippen LogP contribution < -0.4 is 10.6 Å². The van der Waals surface area contributed by atoms with Crippen molar-refractivity contribution in [1.29, 1.82) is 0 Å². The molecule has 0 aliphatic heterocycles. The number of carbonyl (C=O) groups excluding carboxylic acids is 1. The number of nitrogens with zero attached hydrogens (tertiary/aromatic N) is 3. The number of hydrogen-bond donors (Lipinski definition) is 2. The maximum Gasteiger partial charge on any atom is 0.271 e. The predicted octanol–water partition coefficient (Wildman–Crippen LogP) is 2.03. The van der Waals surface area contributed by atoms with Crippen molar-refractivity contribution in [3.8, 4) is 0 Å². The second-order valence-electron chi connectivity index (χ2n) is 6.04. The van der Waals surface area contributed by atoms with Gasteiger partial charge in [-0.05, 0) is 30.5 Å². The van der Waals surface area contributed by atoms with Crippen molar-refractivity contribution in [1.82, 2.24) is 20.3 Å². The van der Waals surface area contributed by atoms with Crippen LogP contribution in [0.5, 0.6) is 0 Å². The molecule has 3 heterocycles. The van der Waals surface area contributed by atoms with Gasteiger partial charge in [-0.3, -0.25) is 9.78 Å². The van der Waals surface area contributed by atoms with Gasteiger partial charge in [0.2, 0.25) is 5.95 Å². The predicted molar refractivity (Wildman–Crippen MR) is 106 cm³/mol. The molecule has 0 saturated heterocycles. The minimum absolute atomic E-state index is 0.0294. The van der Waals surface area contributed by atoms with Gasteiger partial charge in [0.25, 0.3) is 5.91 Å². The number of thiophene rings is 1. The van der Waals surface area contributed by atoms with Gasteiger partial charge in [-0.25, -0.2) is 18.4 Å². The molecule has 2 N–H and O–H groups in total. The van der Waals surface area contributed by atoms with E-state index in [9.17, 15) is 13.2 Å². The third kappa shape index (κ3) is 4.98. The standard InChI is InChI=1S/C17H19N5O3S2/c1-11(12-5-3-4-7-18-12)20-17-21-13-6-9-26-15(13)14(22-17)16(23)19-8-10-27(2,24)25/h3-7,9,11H,8,10H2,1-2H3,(H,19,23)(H,20,21,22). The molecule has 10 heteroatoms. The molecule has 0 aliphatic rings. The van der Waals surface area contributed by atoms with Crippen LogP contribution in [0, 0.1) is 0 Å². The van der Waals surface area contributed by atoms with Crippen LogP contribution in [0.2, 0.25) is 0 Å². The summed E-state index contributed by atoms with van der Waals surface area (Å²) < 4.78 is 23.1. The molecule has 0 fully saturated rings. The van der Waals surface area contributed by atoms with Crippen molar-refractivity contribution in [2.75, 3.05) is 23.9 Å². The van der Waals surface area contributed by atoms with Gasteiger partial charge in [0.1, 0.15) is 9.84 Å². The third-order valence-electron chi connectivity index (χ3n) is 3.75. The summed E-state index contributed by atoms with van der Waals surface area (Å²) in [5.74, 6) is -0.242. The molecule has 1 atom stereocenters. The molecule has 0 bridgehead atoms. The number of fused-ring (bicyclic) bond motifs is 1. The molecule has 0 spiro atoms. The van der Waals surface area contributed by atoms with E-state index >= 15 is 0 Å². The van der Waals surface area contributed by atoms with Crippen LogP contribution >= 0.6 is 11.3 Å². The number of hydrogen-bond acceptors (Lipinski definition) is 8. The quantitative estimate of drug-likeness (QED) is 0.618. The molecule has 3 aromatic heterocycles. The Morgan fingerprint density at radius 1 is 1.26 bits per heavy atom. The van der Waals surface area contributed by atoms with Crippen molar-refractivity contribution in [3.05, 3.63) is 47.2 Å². The van der Waals surface area contributed by atoms with Gasteiger partial charge in [0, 0.05) is 19.0 Å². The third-order valence-corrected chi connectivity index (χ3v) is 5.61. The fraction of sp³-hybridized carbons (Fsp3) is 0.294. The first kappa shape index (κ1) is 19.2. The molecule has 8 nitrogen and oxygen atoms in total. The number of amides is 1. The summed E-state index contributed by atoms with van der Waals surface area (Å²) in [6, 6.07) is 7.28. The number of nitrogens with one attached hydrogen (secondary N) is 2. The van der Waals surface area contributed by atoms with Crippen molar-refractivity contribution in [2.24, 2.45) is 0 Å². The molecule has 0 radical (unpaired) electrons. The maximum absolute atomic E-state index is 12.5. The molecule has 1 amide bonds.